The summed E-state index contributed by atoms with van der Waals surface area (Å²) < 4.78 is 6.92. The lowest BCUT2D eigenvalue weighted by Crippen LogP contribution is -2.21. The third-order valence-electron chi connectivity index (χ3n) is 3.73. The van der Waals surface area contributed by atoms with Crippen molar-refractivity contribution in [2.24, 2.45) is 0 Å². The number of aromatic carboxylic acids is 1. The van der Waals surface area contributed by atoms with Crippen molar-refractivity contribution in [3.8, 4) is 5.75 Å². The van der Waals surface area contributed by atoms with E-state index in [1.807, 2.05) is 24.3 Å². The lowest BCUT2D eigenvalue weighted by Gasteiger charge is -2.18. The van der Waals surface area contributed by atoms with Gasteiger partial charge in [-0.3, -0.25) is 0 Å². The van der Waals surface area contributed by atoms with Crippen LogP contribution in [0.15, 0.2) is 24.3 Å². The summed E-state index contributed by atoms with van der Waals surface area (Å²) in [7, 11) is 1.63. The maximum absolute atomic E-state index is 11.4. The minimum absolute atomic E-state index is 0.306. The third-order valence-corrected chi connectivity index (χ3v) is 3.73. The normalized spacial score (nSPS) is 13.3. The zero-order valence-corrected chi connectivity index (χ0v) is 12.0. The molecule has 0 amide bonds. The molecular formula is C15H17N3O3. The highest BCUT2D eigenvalue weighted by Crippen LogP contribution is 2.30. The molecule has 2 heterocycles. The Balaban J connectivity index is 1.88. The van der Waals surface area contributed by atoms with Crippen molar-refractivity contribution in [1.82, 2.24) is 9.78 Å². The number of carbonyl (C=O) groups is 1. The summed E-state index contributed by atoms with van der Waals surface area (Å²) in [6.45, 7) is 3.89. The second-order valence-electron chi connectivity index (χ2n) is 5.08. The van der Waals surface area contributed by atoms with Gasteiger partial charge >= 0.3 is 5.97 Å². The minimum atomic E-state index is -0.921. The van der Waals surface area contributed by atoms with E-state index < -0.39 is 5.97 Å². The van der Waals surface area contributed by atoms with E-state index >= 15 is 0 Å². The predicted molar refractivity (Wildman–Crippen MR) is 78.0 cm³/mol. The van der Waals surface area contributed by atoms with Crippen LogP contribution in [-0.4, -0.2) is 34.5 Å². The van der Waals surface area contributed by atoms with Crippen LogP contribution >= 0.6 is 0 Å². The molecule has 0 unspecified atom stereocenters. The number of hydrogen-bond donors (Lipinski definition) is 1. The maximum atomic E-state index is 11.4. The number of ether oxygens (including phenoxy) is 1. The molecule has 2 aromatic rings. The lowest BCUT2D eigenvalue weighted by atomic mass is 10.2. The van der Waals surface area contributed by atoms with Crippen LogP contribution in [0.5, 0.6) is 5.75 Å². The number of aromatic nitrogens is 2. The maximum Gasteiger partial charge on any atom is 0.341 e. The van der Waals surface area contributed by atoms with E-state index in [1.54, 1.807) is 18.7 Å². The van der Waals surface area contributed by atoms with Crippen molar-refractivity contribution in [2.45, 2.75) is 20.0 Å². The van der Waals surface area contributed by atoms with E-state index in [1.165, 1.54) is 0 Å². The van der Waals surface area contributed by atoms with Crippen LogP contribution in [0.1, 0.15) is 21.6 Å². The van der Waals surface area contributed by atoms with Gasteiger partial charge in [0.2, 0.25) is 0 Å². The van der Waals surface area contributed by atoms with Gasteiger partial charge in [-0.1, -0.05) is 12.1 Å². The largest absolute Gasteiger partial charge is 0.497 e. The quantitative estimate of drug-likeness (QED) is 0.930. The zero-order valence-electron chi connectivity index (χ0n) is 12.0. The molecule has 0 fully saturated rings. The second-order valence-corrected chi connectivity index (χ2v) is 5.08. The van der Waals surface area contributed by atoms with Gasteiger partial charge < -0.3 is 14.7 Å². The molecular weight excluding hydrogens is 270 g/mol. The molecule has 1 aliphatic rings. The fourth-order valence-electron chi connectivity index (χ4n) is 2.72. The smallest absolute Gasteiger partial charge is 0.341 e. The predicted octanol–water partition coefficient (Wildman–Crippen LogP) is 1.92. The molecule has 1 aromatic heterocycles. The highest BCUT2D eigenvalue weighted by Gasteiger charge is 2.29. The van der Waals surface area contributed by atoms with Crippen molar-refractivity contribution >= 4 is 11.8 Å². The van der Waals surface area contributed by atoms with Gasteiger partial charge in [0, 0.05) is 13.1 Å². The summed E-state index contributed by atoms with van der Waals surface area (Å²) in [4.78, 5) is 13.5. The molecule has 0 saturated heterocycles. The zero-order chi connectivity index (χ0) is 15.0. The number of methoxy groups -OCH3 is 1. The van der Waals surface area contributed by atoms with E-state index in [0.717, 1.165) is 24.4 Å². The standard InChI is InChI=1S/C15H17N3O3/c1-10-13(15(19)20)14-17(7-8-18(14)16-10)9-11-3-5-12(21-2)6-4-11/h3-6H,7-9H2,1-2H3,(H,19,20). The van der Waals surface area contributed by atoms with Gasteiger partial charge in [-0.25, -0.2) is 9.48 Å². The Kier molecular flexibility index (Phi) is 3.29. The molecule has 1 N–H and O–H groups in total. The Hall–Kier alpha value is -2.50. The molecule has 3 rings (SSSR count). The fraction of sp³-hybridized carbons (Fsp3) is 0.333. The van der Waals surface area contributed by atoms with E-state index in [9.17, 15) is 9.90 Å². The molecule has 21 heavy (non-hydrogen) atoms. The van der Waals surface area contributed by atoms with Crippen LogP contribution < -0.4 is 9.64 Å². The van der Waals surface area contributed by atoms with Gasteiger partial charge in [-0.05, 0) is 24.6 Å². The highest BCUT2D eigenvalue weighted by molar-refractivity contribution is 5.95. The van der Waals surface area contributed by atoms with Crippen molar-refractivity contribution in [3.63, 3.8) is 0 Å². The van der Waals surface area contributed by atoms with E-state index in [4.69, 9.17) is 4.74 Å². The first kappa shape index (κ1) is 13.5. The third kappa shape index (κ3) is 2.33. The van der Waals surface area contributed by atoms with Crippen LogP contribution in [0.2, 0.25) is 0 Å². The number of rotatable bonds is 4. The average molecular weight is 287 g/mol. The highest BCUT2D eigenvalue weighted by atomic mass is 16.5. The van der Waals surface area contributed by atoms with Crippen LogP contribution in [-0.2, 0) is 13.1 Å². The molecule has 0 saturated carbocycles. The summed E-state index contributed by atoms with van der Waals surface area (Å²) in [5, 5.41) is 13.7. The van der Waals surface area contributed by atoms with Crippen molar-refractivity contribution in [3.05, 3.63) is 41.1 Å². The first-order valence-corrected chi connectivity index (χ1v) is 6.78. The number of nitrogens with zero attached hydrogens (tertiary/aromatic N) is 3. The van der Waals surface area contributed by atoms with Crippen LogP contribution in [0.3, 0.4) is 0 Å². The summed E-state index contributed by atoms with van der Waals surface area (Å²) >= 11 is 0. The Morgan fingerprint density at radius 1 is 1.33 bits per heavy atom. The number of anilines is 1. The summed E-state index contributed by atoms with van der Waals surface area (Å²) in [6.07, 6.45) is 0. The number of fused-ring (bicyclic) bond motifs is 1. The topological polar surface area (TPSA) is 67.6 Å². The Bertz CT molecular complexity index is 676. The van der Waals surface area contributed by atoms with E-state index in [0.29, 0.717) is 23.6 Å². The molecule has 1 aromatic carbocycles. The van der Waals surface area contributed by atoms with Gasteiger partial charge in [-0.15, -0.1) is 0 Å². The summed E-state index contributed by atoms with van der Waals surface area (Å²) in [6, 6.07) is 7.80. The molecule has 0 spiro atoms. The lowest BCUT2D eigenvalue weighted by molar-refractivity contribution is 0.0697. The van der Waals surface area contributed by atoms with E-state index in [2.05, 4.69) is 10.00 Å². The molecule has 6 heteroatoms. The summed E-state index contributed by atoms with van der Waals surface area (Å²) in [5.74, 6) is 0.596. The minimum Gasteiger partial charge on any atom is -0.497 e. The molecule has 0 bridgehead atoms. The Morgan fingerprint density at radius 2 is 2.05 bits per heavy atom. The number of carboxylic acids is 1. The van der Waals surface area contributed by atoms with Crippen molar-refractivity contribution in [1.29, 1.82) is 0 Å². The fourth-order valence-corrected chi connectivity index (χ4v) is 2.72. The monoisotopic (exact) mass is 287 g/mol. The number of aryl methyl sites for hydroxylation is 1. The number of hydrogen-bond acceptors (Lipinski definition) is 4. The van der Waals surface area contributed by atoms with Gasteiger partial charge in [0.15, 0.2) is 0 Å². The Morgan fingerprint density at radius 3 is 2.67 bits per heavy atom. The second kappa shape index (κ2) is 5.12. The van der Waals surface area contributed by atoms with Gasteiger partial charge in [-0.2, -0.15) is 5.10 Å². The van der Waals surface area contributed by atoms with Gasteiger partial charge in [0.05, 0.1) is 19.3 Å². The van der Waals surface area contributed by atoms with E-state index in [-0.39, 0.29) is 0 Å². The average Bonchev–Trinajstić information content (AvgIpc) is 2.98. The Labute approximate surface area is 122 Å². The molecule has 6 nitrogen and oxygen atoms in total. The van der Waals surface area contributed by atoms with Gasteiger partial charge in [0.1, 0.15) is 17.1 Å². The van der Waals surface area contributed by atoms with Gasteiger partial charge in [0.25, 0.3) is 0 Å². The first-order chi connectivity index (χ1) is 10.1. The molecule has 0 atom stereocenters. The molecule has 1 aliphatic heterocycles. The molecule has 0 aliphatic carbocycles. The van der Waals surface area contributed by atoms with Crippen molar-refractivity contribution in [2.75, 3.05) is 18.6 Å². The van der Waals surface area contributed by atoms with Crippen molar-refractivity contribution < 1.29 is 14.6 Å². The first-order valence-electron chi connectivity index (χ1n) is 6.78. The van der Waals surface area contributed by atoms with Crippen LogP contribution in [0.4, 0.5) is 5.82 Å². The summed E-state index contributed by atoms with van der Waals surface area (Å²) in [5.41, 5.74) is 1.98. The molecule has 110 valence electrons. The van der Waals surface area contributed by atoms with Crippen LogP contribution in [0.25, 0.3) is 0 Å². The number of carboxylic acid groups (broad SMARTS) is 1. The molecule has 0 radical (unpaired) electrons. The number of benzene rings is 1. The SMILES string of the molecule is COc1ccc(CN2CCn3nc(C)c(C(=O)O)c32)cc1. The van der Waals surface area contributed by atoms with Crippen LogP contribution in [0, 0.1) is 6.92 Å².